The first-order valence-electron chi connectivity index (χ1n) is 7.08. The van der Waals surface area contributed by atoms with Crippen LogP contribution >= 0.6 is 0 Å². The van der Waals surface area contributed by atoms with Crippen molar-refractivity contribution in [3.05, 3.63) is 59.7 Å². The molecule has 2 aromatic carbocycles. The molecule has 0 radical (unpaired) electrons. The highest BCUT2D eigenvalue weighted by Crippen LogP contribution is 2.19. The molecular formula is C16H18N2O5S. The molecule has 0 heterocycles. The fourth-order valence-corrected chi connectivity index (χ4v) is 3.34. The second-order valence-electron chi connectivity index (χ2n) is 5.08. The van der Waals surface area contributed by atoms with Crippen LogP contribution in [0.1, 0.15) is 28.9 Å². The first-order valence-corrected chi connectivity index (χ1v) is 8.56. The maximum atomic E-state index is 12.4. The zero-order chi connectivity index (χ0) is 17.7. The van der Waals surface area contributed by atoms with E-state index in [-0.39, 0.29) is 10.5 Å². The van der Waals surface area contributed by atoms with Gasteiger partial charge in [-0.1, -0.05) is 12.1 Å². The van der Waals surface area contributed by atoms with Gasteiger partial charge in [0.25, 0.3) is 5.91 Å². The molecule has 0 saturated carbocycles. The molecule has 128 valence electrons. The lowest BCUT2D eigenvalue weighted by Crippen LogP contribution is -2.27. The Morgan fingerprint density at radius 2 is 1.67 bits per heavy atom. The van der Waals surface area contributed by atoms with E-state index < -0.39 is 22.0 Å². The van der Waals surface area contributed by atoms with Gasteiger partial charge in [0, 0.05) is 11.6 Å². The third kappa shape index (κ3) is 4.10. The molecule has 3 N–H and O–H groups in total. The Kier molecular flexibility index (Phi) is 5.55. The number of benzene rings is 2. The number of hydrogen-bond acceptors (Lipinski definition) is 5. The van der Waals surface area contributed by atoms with Crippen LogP contribution < -0.4 is 14.9 Å². The number of hydroxylamine groups is 1. The van der Waals surface area contributed by atoms with Crippen molar-refractivity contribution in [2.75, 3.05) is 7.11 Å². The van der Waals surface area contributed by atoms with Crippen LogP contribution in [-0.2, 0) is 10.0 Å². The summed E-state index contributed by atoms with van der Waals surface area (Å²) in [5.41, 5.74) is 2.49. The second-order valence-corrected chi connectivity index (χ2v) is 6.80. The lowest BCUT2D eigenvalue weighted by Gasteiger charge is -2.15. The highest BCUT2D eigenvalue weighted by molar-refractivity contribution is 7.89. The Morgan fingerprint density at radius 3 is 2.17 bits per heavy atom. The van der Waals surface area contributed by atoms with E-state index in [0.29, 0.717) is 11.3 Å². The van der Waals surface area contributed by atoms with Crippen LogP contribution in [-0.4, -0.2) is 26.6 Å². The minimum absolute atomic E-state index is 0.131. The number of hydrogen-bond donors (Lipinski definition) is 3. The summed E-state index contributed by atoms with van der Waals surface area (Å²) in [5, 5.41) is 8.58. The van der Waals surface area contributed by atoms with E-state index in [1.807, 2.05) is 0 Å². The summed E-state index contributed by atoms with van der Waals surface area (Å²) >= 11 is 0. The molecule has 8 heteroatoms. The number of ether oxygens (including phenoxy) is 1. The van der Waals surface area contributed by atoms with E-state index in [1.165, 1.54) is 36.9 Å². The van der Waals surface area contributed by atoms with Crippen LogP contribution in [0.3, 0.4) is 0 Å². The highest BCUT2D eigenvalue weighted by Gasteiger charge is 2.18. The third-order valence-corrected chi connectivity index (χ3v) is 5.03. The average Bonchev–Trinajstić information content (AvgIpc) is 2.60. The molecule has 24 heavy (non-hydrogen) atoms. The first kappa shape index (κ1) is 17.9. The highest BCUT2D eigenvalue weighted by atomic mass is 32.2. The smallest absolute Gasteiger partial charge is 0.274 e. The van der Waals surface area contributed by atoms with Gasteiger partial charge in [-0.15, -0.1) is 0 Å². The predicted octanol–water partition coefficient (Wildman–Crippen LogP) is 1.85. The fraction of sp³-hybridized carbons (Fsp3) is 0.188. The topological polar surface area (TPSA) is 105 Å². The molecule has 2 aromatic rings. The van der Waals surface area contributed by atoms with Crippen LogP contribution in [0.2, 0.25) is 0 Å². The van der Waals surface area contributed by atoms with Crippen LogP contribution in [0.25, 0.3) is 0 Å². The van der Waals surface area contributed by atoms with E-state index in [2.05, 4.69) is 4.72 Å². The van der Waals surface area contributed by atoms with E-state index in [0.717, 1.165) is 0 Å². The first-order chi connectivity index (χ1) is 11.4. The fourth-order valence-electron chi connectivity index (χ4n) is 2.11. The largest absolute Gasteiger partial charge is 0.497 e. The van der Waals surface area contributed by atoms with Gasteiger partial charge in [-0.2, -0.15) is 0 Å². The normalized spacial score (nSPS) is 12.5. The number of nitrogens with one attached hydrogen (secondary N) is 2. The number of rotatable bonds is 6. The molecule has 0 aromatic heterocycles. The lowest BCUT2D eigenvalue weighted by atomic mass is 10.1. The molecule has 1 unspecified atom stereocenters. The maximum Gasteiger partial charge on any atom is 0.274 e. The monoisotopic (exact) mass is 350 g/mol. The van der Waals surface area contributed by atoms with Crippen LogP contribution in [0.4, 0.5) is 0 Å². The molecule has 0 spiro atoms. The van der Waals surface area contributed by atoms with Crippen molar-refractivity contribution >= 4 is 15.9 Å². The van der Waals surface area contributed by atoms with Crippen molar-refractivity contribution in [2.24, 2.45) is 0 Å². The second kappa shape index (κ2) is 7.43. The molecule has 0 aliphatic heterocycles. The summed E-state index contributed by atoms with van der Waals surface area (Å²) in [6, 6.07) is 11.8. The molecule has 0 bridgehead atoms. The third-order valence-electron chi connectivity index (χ3n) is 3.48. The summed E-state index contributed by atoms with van der Waals surface area (Å²) in [4.78, 5) is 11.4. The van der Waals surface area contributed by atoms with Gasteiger partial charge >= 0.3 is 0 Å². The van der Waals surface area contributed by atoms with E-state index in [4.69, 9.17) is 9.94 Å². The summed E-state index contributed by atoms with van der Waals surface area (Å²) in [5.74, 6) is -0.0623. The Bertz CT molecular complexity index is 801. The quantitative estimate of drug-likeness (QED) is 0.545. The van der Waals surface area contributed by atoms with Gasteiger partial charge in [0.1, 0.15) is 5.75 Å². The molecule has 0 fully saturated rings. The van der Waals surface area contributed by atoms with Gasteiger partial charge in [-0.25, -0.2) is 18.6 Å². The van der Waals surface area contributed by atoms with E-state index in [9.17, 15) is 13.2 Å². The van der Waals surface area contributed by atoms with Crippen molar-refractivity contribution < 1.29 is 23.2 Å². The van der Waals surface area contributed by atoms with Crippen molar-refractivity contribution in [2.45, 2.75) is 17.9 Å². The molecular weight excluding hydrogens is 332 g/mol. The minimum atomic E-state index is -3.69. The number of amides is 1. The van der Waals surface area contributed by atoms with Gasteiger partial charge < -0.3 is 4.74 Å². The minimum Gasteiger partial charge on any atom is -0.497 e. The van der Waals surface area contributed by atoms with Crippen LogP contribution in [0.15, 0.2) is 53.4 Å². The van der Waals surface area contributed by atoms with Crippen molar-refractivity contribution in [1.82, 2.24) is 10.2 Å². The Labute approximate surface area is 140 Å². The van der Waals surface area contributed by atoms with Crippen molar-refractivity contribution in [1.29, 1.82) is 0 Å². The SMILES string of the molecule is COc1ccc(S(=O)(=O)NC(C)c2ccc(C(=O)NO)cc2)cc1. The predicted molar refractivity (Wildman–Crippen MR) is 87.4 cm³/mol. The van der Waals surface area contributed by atoms with Gasteiger partial charge in [0.05, 0.1) is 12.0 Å². The molecule has 0 aliphatic carbocycles. The van der Waals surface area contributed by atoms with E-state index in [1.54, 1.807) is 31.2 Å². The number of carbonyl (C=O) groups is 1. The standard InChI is InChI=1S/C16H18N2O5S/c1-11(12-3-5-13(6-4-12)16(19)17-20)18-24(21,22)15-9-7-14(23-2)8-10-15/h3-11,18,20H,1-2H3,(H,17,19). The Balaban J connectivity index is 2.14. The lowest BCUT2D eigenvalue weighted by molar-refractivity contribution is 0.0706. The summed E-state index contributed by atoms with van der Waals surface area (Å²) in [6.07, 6.45) is 0. The molecule has 1 amide bonds. The zero-order valence-corrected chi connectivity index (χ0v) is 14.0. The number of carbonyl (C=O) groups excluding carboxylic acids is 1. The van der Waals surface area contributed by atoms with Crippen molar-refractivity contribution in [3.8, 4) is 5.75 Å². The Morgan fingerprint density at radius 1 is 1.08 bits per heavy atom. The number of sulfonamides is 1. The van der Waals surface area contributed by atoms with Gasteiger partial charge in [0.2, 0.25) is 10.0 Å². The van der Waals surface area contributed by atoms with E-state index >= 15 is 0 Å². The van der Waals surface area contributed by atoms with Crippen molar-refractivity contribution in [3.63, 3.8) is 0 Å². The summed E-state index contributed by atoms with van der Waals surface area (Å²) in [7, 11) is -2.18. The average molecular weight is 350 g/mol. The zero-order valence-electron chi connectivity index (χ0n) is 13.2. The summed E-state index contributed by atoms with van der Waals surface area (Å²) < 4.78 is 32.4. The number of methoxy groups -OCH3 is 1. The Hall–Kier alpha value is -2.42. The molecule has 1 atom stereocenters. The molecule has 7 nitrogen and oxygen atoms in total. The molecule has 2 rings (SSSR count). The van der Waals surface area contributed by atoms with Crippen LogP contribution in [0, 0.1) is 0 Å². The summed E-state index contributed by atoms with van der Waals surface area (Å²) in [6.45, 7) is 1.70. The van der Waals surface area contributed by atoms with Gasteiger partial charge in [0.15, 0.2) is 0 Å². The van der Waals surface area contributed by atoms with Gasteiger partial charge in [-0.3, -0.25) is 10.0 Å². The molecule has 0 aliphatic rings. The maximum absolute atomic E-state index is 12.4. The van der Waals surface area contributed by atoms with Crippen LogP contribution in [0.5, 0.6) is 5.75 Å². The van der Waals surface area contributed by atoms with Gasteiger partial charge in [-0.05, 0) is 48.9 Å². The molecule has 0 saturated heterocycles.